The SMILES string of the molecule is COc1ccc(Cl)c(N2CC(=O)NC3(CCCC3)C2=O)c1. The molecule has 0 radical (unpaired) electrons. The van der Waals surface area contributed by atoms with E-state index in [2.05, 4.69) is 5.32 Å². The Morgan fingerprint density at radius 2 is 2.00 bits per heavy atom. The lowest BCUT2D eigenvalue weighted by atomic mass is 9.92. The molecule has 1 saturated heterocycles. The fraction of sp³-hybridized carbons (Fsp3) is 0.467. The van der Waals surface area contributed by atoms with E-state index in [-0.39, 0.29) is 18.4 Å². The van der Waals surface area contributed by atoms with Crippen LogP contribution in [0.5, 0.6) is 5.75 Å². The predicted molar refractivity (Wildman–Crippen MR) is 79.7 cm³/mol. The number of piperazine rings is 1. The van der Waals surface area contributed by atoms with Crippen LogP contribution in [0.3, 0.4) is 0 Å². The molecule has 3 rings (SSSR count). The van der Waals surface area contributed by atoms with Gasteiger partial charge < -0.3 is 10.1 Å². The van der Waals surface area contributed by atoms with E-state index in [1.54, 1.807) is 25.3 Å². The van der Waals surface area contributed by atoms with E-state index in [9.17, 15) is 9.59 Å². The van der Waals surface area contributed by atoms with Crippen LogP contribution < -0.4 is 15.0 Å². The number of carbonyl (C=O) groups excluding carboxylic acids is 2. The summed E-state index contributed by atoms with van der Waals surface area (Å²) in [5.41, 5.74) is -0.219. The number of benzene rings is 1. The highest BCUT2D eigenvalue weighted by Gasteiger charge is 2.49. The third-order valence-electron chi connectivity index (χ3n) is 4.24. The van der Waals surface area contributed by atoms with Gasteiger partial charge in [0.25, 0.3) is 5.91 Å². The first-order valence-corrected chi connectivity index (χ1v) is 7.40. The number of hydrogen-bond acceptors (Lipinski definition) is 3. The standard InChI is InChI=1S/C15H17ClN2O3/c1-21-10-4-5-11(16)12(8-10)18-9-13(19)17-15(14(18)20)6-2-3-7-15/h4-5,8H,2-3,6-7,9H2,1H3,(H,17,19). The normalized spacial score (nSPS) is 20.8. The molecule has 0 unspecified atom stereocenters. The number of nitrogens with zero attached hydrogens (tertiary/aromatic N) is 1. The van der Waals surface area contributed by atoms with Gasteiger partial charge in [-0.05, 0) is 25.0 Å². The van der Waals surface area contributed by atoms with Crippen LogP contribution in [0.25, 0.3) is 0 Å². The average molecular weight is 309 g/mol. The number of anilines is 1. The van der Waals surface area contributed by atoms with Crippen molar-refractivity contribution in [3.8, 4) is 5.75 Å². The summed E-state index contributed by atoms with van der Waals surface area (Å²) >= 11 is 6.21. The Morgan fingerprint density at radius 1 is 1.29 bits per heavy atom. The Morgan fingerprint density at radius 3 is 2.67 bits per heavy atom. The van der Waals surface area contributed by atoms with Gasteiger partial charge in [-0.2, -0.15) is 0 Å². The smallest absolute Gasteiger partial charge is 0.253 e. The van der Waals surface area contributed by atoms with E-state index < -0.39 is 5.54 Å². The van der Waals surface area contributed by atoms with Crippen LogP contribution in [-0.2, 0) is 9.59 Å². The van der Waals surface area contributed by atoms with Crippen LogP contribution in [-0.4, -0.2) is 31.0 Å². The number of hydrogen-bond donors (Lipinski definition) is 1. The summed E-state index contributed by atoms with van der Waals surface area (Å²) in [6.45, 7) is -0.00648. The van der Waals surface area contributed by atoms with Crippen molar-refractivity contribution in [2.45, 2.75) is 31.2 Å². The maximum absolute atomic E-state index is 12.9. The third-order valence-corrected chi connectivity index (χ3v) is 4.56. The second kappa shape index (κ2) is 5.22. The van der Waals surface area contributed by atoms with Crippen molar-refractivity contribution in [3.05, 3.63) is 23.2 Å². The Labute approximate surface area is 128 Å². The van der Waals surface area contributed by atoms with Crippen molar-refractivity contribution >= 4 is 29.1 Å². The number of halogens is 1. The summed E-state index contributed by atoms with van der Waals surface area (Å²) in [6.07, 6.45) is 3.28. The van der Waals surface area contributed by atoms with Crippen molar-refractivity contribution in [1.29, 1.82) is 0 Å². The van der Waals surface area contributed by atoms with Gasteiger partial charge in [-0.3, -0.25) is 14.5 Å². The molecule has 0 atom stereocenters. The fourth-order valence-corrected chi connectivity index (χ4v) is 3.39. The summed E-state index contributed by atoms with van der Waals surface area (Å²) < 4.78 is 5.18. The van der Waals surface area contributed by atoms with Gasteiger partial charge in [0.15, 0.2) is 0 Å². The summed E-state index contributed by atoms with van der Waals surface area (Å²) in [5, 5.41) is 3.32. The molecule has 1 aliphatic heterocycles. The zero-order valence-electron chi connectivity index (χ0n) is 11.8. The van der Waals surface area contributed by atoms with Crippen molar-refractivity contribution < 1.29 is 14.3 Å². The van der Waals surface area contributed by atoms with E-state index >= 15 is 0 Å². The first-order chi connectivity index (χ1) is 10.1. The molecule has 2 fully saturated rings. The molecule has 6 heteroatoms. The molecule has 0 aromatic heterocycles. The minimum absolute atomic E-state index is 0.00648. The van der Waals surface area contributed by atoms with Crippen LogP contribution in [0, 0.1) is 0 Å². The topological polar surface area (TPSA) is 58.6 Å². The van der Waals surface area contributed by atoms with Crippen molar-refractivity contribution in [1.82, 2.24) is 5.32 Å². The summed E-state index contributed by atoms with van der Waals surface area (Å²) in [4.78, 5) is 26.4. The molecule has 1 aromatic rings. The molecule has 112 valence electrons. The van der Waals surface area contributed by atoms with Crippen LogP contribution in [0.2, 0.25) is 5.02 Å². The quantitative estimate of drug-likeness (QED) is 0.910. The molecule has 21 heavy (non-hydrogen) atoms. The minimum atomic E-state index is -0.748. The molecule has 1 aliphatic carbocycles. The maximum atomic E-state index is 12.9. The molecule has 0 bridgehead atoms. The van der Waals surface area contributed by atoms with Gasteiger partial charge in [-0.15, -0.1) is 0 Å². The Kier molecular flexibility index (Phi) is 3.53. The van der Waals surface area contributed by atoms with Crippen LogP contribution in [0.4, 0.5) is 5.69 Å². The number of methoxy groups -OCH3 is 1. The van der Waals surface area contributed by atoms with Crippen molar-refractivity contribution in [2.24, 2.45) is 0 Å². The summed E-state index contributed by atoms with van der Waals surface area (Å²) in [5.74, 6) is 0.388. The number of nitrogens with one attached hydrogen (secondary N) is 1. The van der Waals surface area contributed by atoms with Crippen molar-refractivity contribution in [2.75, 3.05) is 18.6 Å². The Hall–Kier alpha value is -1.75. The third kappa shape index (κ3) is 2.35. The Bertz CT molecular complexity index is 597. The molecule has 1 saturated carbocycles. The molecule has 2 amide bonds. The van der Waals surface area contributed by atoms with E-state index in [4.69, 9.17) is 16.3 Å². The Balaban J connectivity index is 2.01. The van der Waals surface area contributed by atoms with Gasteiger partial charge in [0.2, 0.25) is 5.91 Å². The number of amides is 2. The zero-order valence-corrected chi connectivity index (χ0v) is 12.6. The second-order valence-corrected chi connectivity index (χ2v) is 5.95. The van der Waals surface area contributed by atoms with E-state index in [1.165, 1.54) is 4.90 Å². The van der Waals surface area contributed by atoms with Gasteiger partial charge in [0.1, 0.15) is 17.8 Å². The molecule has 1 N–H and O–H groups in total. The molecule has 2 aliphatic rings. The van der Waals surface area contributed by atoms with Gasteiger partial charge >= 0.3 is 0 Å². The lowest BCUT2D eigenvalue weighted by Crippen LogP contribution is -2.65. The van der Waals surface area contributed by atoms with Crippen LogP contribution >= 0.6 is 11.6 Å². The van der Waals surface area contributed by atoms with Gasteiger partial charge in [0.05, 0.1) is 17.8 Å². The van der Waals surface area contributed by atoms with E-state index in [0.29, 0.717) is 29.3 Å². The number of rotatable bonds is 2. The molecule has 1 spiro atoms. The number of carbonyl (C=O) groups is 2. The molecule has 1 aromatic carbocycles. The van der Waals surface area contributed by atoms with Gasteiger partial charge in [-0.1, -0.05) is 24.4 Å². The lowest BCUT2D eigenvalue weighted by molar-refractivity contribution is -0.135. The monoisotopic (exact) mass is 308 g/mol. The zero-order chi connectivity index (χ0) is 15.0. The minimum Gasteiger partial charge on any atom is -0.497 e. The maximum Gasteiger partial charge on any atom is 0.253 e. The highest BCUT2D eigenvalue weighted by atomic mass is 35.5. The number of ether oxygens (including phenoxy) is 1. The van der Waals surface area contributed by atoms with Crippen LogP contribution in [0.1, 0.15) is 25.7 Å². The predicted octanol–water partition coefficient (Wildman–Crippen LogP) is 2.12. The molecular formula is C15H17ClN2O3. The molecule has 5 nitrogen and oxygen atoms in total. The molecule has 1 heterocycles. The van der Waals surface area contributed by atoms with E-state index in [0.717, 1.165) is 12.8 Å². The first-order valence-electron chi connectivity index (χ1n) is 7.02. The van der Waals surface area contributed by atoms with Crippen LogP contribution in [0.15, 0.2) is 18.2 Å². The van der Waals surface area contributed by atoms with Crippen molar-refractivity contribution in [3.63, 3.8) is 0 Å². The summed E-state index contributed by atoms with van der Waals surface area (Å²) in [6, 6.07) is 5.10. The highest BCUT2D eigenvalue weighted by Crippen LogP contribution is 2.38. The van der Waals surface area contributed by atoms with Gasteiger partial charge in [0, 0.05) is 6.07 Å². The average Bonchev–Trinajstić information content (AvgIpc) is 2.93. The highest BCUT2D eigenvalue weighted by molar-refractivity contribution is 6.34. The van der Waals surface area contributed by atoms with E-state index in [1.807, 2.05) is 0 Å². The lowest BCUT2D eigenvalue weighted by Gasteiger charge is -2.40. The summed E-state index contributed by atoms with van der Waals surface area (Å²) in [7, 11) is 1.55. The first kappa shape index (κ1) is 14.2. The second-order valence-electron chi connectivity index (χ2n) is 5.55. The molecular weight excluding hydrogens is 292 g/mol. The fourth-order valence-electron chi connectivity index (χ4n) is 3.17. The van der Waals surface area contributed by atoms with Gasteiger partial charge in [-0.25, -0.2) is 0 Å². The largest absolute Gasteiger partial charge is 0.497 e.